The zero-order chi connectivity index (χ0) is 30.4. The maximum absolute atomic E-state index is 14.2. The minimum atomic E-state index is -4.21. The Kier molecular flexibility index (Phi) is 10.4. The predicted octanol–water partition coefficient (Wildman–Crippen LogP) is 5.57. The van der Waals surface area contributed by atoms with Crippen LogP contribution >= 0.6 is 11.6 Å². The molecule has 0 radical (unpaired) electrons. The van der Waals surface area contributed by atoms with E-state index in [0.29, 0.717) is 12.2 Å². The third-order valence-corrected chi connectivity index (χ3v) is 8.47. The third kappa shape index (κ3) is 8.24. The van der Waals surface area contributed by atoms with Crippen LogP contribution in [0.1, 0.15) is 45.2 Å². The van der Waals surface area contributed by atoms with Gasteiger partial charge in [-0.3, -0.25) is 13.9 Å². The van der Waals surface area contributed by atoms with Crippen LogP contribution in [0.3, 0.4) is 0 Å². The second kappa shape index (κ2) is 13.4. The molecule has 1 N–H and O–H groups in total. The number of methoxy groups -OCH3 is 1. The summed E-state index contributed by atoms with van der Waals surface area (Å²) in [5.41, 5.74) is 1.25. The van der Waals surface area contributed by atoms with Crippen LogP contribution in [0.4, 0.5) is 5.69 Å². The summed E-state index contributed by atoms with van der Waals surface area (Å²) in [4.78, 5) is 29.0. The minimum absolute atomic E-state index is 0.0210. The SMILES string of the molecule is CC[C@@H](C(=O)NC(C)(C)C)N(Cc1cccc(OC)c1)C(=O)CN(c1ccccc1Cl)S(=O)(=O)c1ccc(C)cc1. The molecular formula is C31H38ClN3O5S. The van der Waals surface area contributed by atoms with Crippen LogP contribution < -0.4 is 14.4 Å². The topological polar surface area (TPSA) is 96.0 Å². The second-order valence-corrected chi connectivity index (χ2v) is 13.1. The van der Waals surface area contributed by atoms with Gasteiger partial charge in [0.2, 0.25) is 11.8 Å². The van der Waals surface area contributed by atoms with Gasteiger partial charge in [0.1, 0.15) is 18.3 Å². The average Bonchev–Trinajstić information content (AvgIpc) is 2.91. The largest absolute Gasteiger partial charge is 0.497 e. The highest BCUT2D eigenvalue weighted by Crippen LogP contribution is 2.31. The highest BCUT2D eigenvalue weighted by atomic mass is 35.5. The average molecular weight is 600 g/mol. The maximum Gasteiger partial charge on any atom is 0.264 e. The molecule has 1 atom stereocenters. The number of sulfonamides is 1. The molecule has 3 rings (SSSR count). The number of hydrogen-bond donors (Lipinski definition) is 1. The van der Waals surface area contributed by atoms with E-state index in [9.17, 15) is 18.0 Å². The van der Waals surface area contributed by atoms with Gasteiger partial charge in [0, 0.05) is 12.1 Å². The summed E-state index contributed by atoms with van der Waals surface area (Å²) in [5, 5.41) is 3.13. The van der Waals surface area contributed by atoms with Crippen molar-refractivity contribution in [3.05, 3.63) is 88.9 Å². The van der Waals surface area contributed by atoms with E-state index in [0.717, 1.165) is 15.4 Å². The molecule has 41 heavy (non-hydrogen) atoms. The van der Waals surface area contributed by atoms with Crippen molar-refractivity contribution in [2.24, 2.45) is 0 Å². The number of amides is 2. The summed E-state index contributed by atoms with van der Waals surface area (Å²) in [5.74, 6) is -0.289. The number of halogens is 1. The van der Waals surface area contributed by atoms with Crippen molar-refractivity contribution in [1.82, 2.24) is 10.2 Å². The molecule has 0 fully saturated rings. The number of nitrogens with one attached hydrogen (secondary N) is 1. The first-order chi connectivity index (χ1) is 19.3. The Bertz CT molecular complexity index is 1470. The van der Waals surface area contributed by atoms with Gasteiger partial charge in [-0.25, -0.2) is 8.42 Å². The van der Waals surface area contributed by atoms with E-state index in [1.54, 1.807) is 61.7 Å². The van der Waals surface area contributed by atoms with Crippen molar-refractivity contribution in [3.8, 4) is 5.75 Å². The number of aryl methyl sites for hydroxylation is 1. The Balaban J connectivity index is 2.09. The van der Waals surface area contributed by atoms with Gasteiger partial charge < -0.3 is 15.0 Å². The van der Waals surface area contributed by atoms with Gasteiger partial charge in [0.15, 0.2) is 0 Å². The molecule has 2 amide bonds. The van der Waals surface area contributed by atoms with Crippen LogP contribution in [-0.4, -0.2) is 50.4 Å². The third-order valence-electron chi connectivity index (χ3n) is 6.38. The predicted molar refractivity (Wildman–Crippen MR) is 163 cm³/mol. The molecule has 3 aromatic rings. The van der Waals surface area contributed by atoms with Gasteiger partial charge in [-0.2, -0.15) is 0 Å². The molecule has 0 bridgehead atoms. The Morgan fingerprint density at radius 1 is 1.00 bits per heavy atom. The van der Waals surface area contributed by atoms with E-state index >= 15 is 0 Å². The summed E-state index contributed by atoms with van der Waals surface area (Å²) < 4.78 is 34.3. The van der Waals surface area contributed by atoms with E-state index in [1.807, 2.05) is 40.7 Å². The van der Waals surface area contributed by atoms with Crippen molar-refractivity contribution in [1.29, 1.82) is 0 Å². The lowest BCUT2D eigenvalue weighted by molar-refractivity contribution is -0.141. The second-order valence-electron chi connectivity index (χ2n) is 10.8. The zero-order valence-corrected chi connectivity index (χ0v) is 25.9. The first kappa shape index (κ1) is 32.0. The molecule has 220 valence electrons. The van der Waals surface area contributed by atoms with E-state index in [2.05, 4.69) is 5.32 Å². The summed E-state index contributed by atoms with van der Waals surface area (Å²) in [6, 6.07) is 19.2. The van der Waals surface area contributed by atoms with E-state index in [4.69, 9.17) is 16.3 Å². The zero-order valence-electron chi connectivity index (χ0n) is 24.3. The molecule has 10 heteroatoms. The van der Waals surface area contributed by atoms with Crippen LogP contribution in [0.15, 0.2) is 77.7 Å². The monoisotopic (exact) mass is 599 g/mol. The van der Waals surface area contributed by atoms with Crippen LogP contribution in [0.5, 0.6) is 5.75 Å². The van der Waals surface area contributed by atoms with E-state index in [-0.39, 0.29) is 28.1 Å². The first-order valence-electron chi connectivity index (χ1n) is 13.3. The molecule has 8 nitrogen and oxygen atoms in total. The molecule has 0 aliphatic rings. The van der Waals surface area contributed by atoms with Gasteiger partial charge in [0.25, 0.3) is 10.0 Å². The van der Waals surface area contributed by atoms with Gasteiger partial charge in [-0.15, -0.1) is 0 Å². The molecule has 0 saturated carbocycles. The van der Waals surface area contributed by atoms with Crippen LogP contribution in [0, 0.1) is 6.92 Å². The maximum atomic E-state index is 14.2. The van der Waals surface area contributed by atoms with Gasteiger partial charge in [-0.1, -0.05) is 60.5 Å². The first-order valence-corrected chi connectivity index (χ1v) is 15.2. The molecular weight excluding hydrogens is 562 g/mol. The number of carbonyl (C=O) groups is 2. The van der Waals surface area contributed by atoms with E-state index < -0.39 is 34.1 Å². The van der Waals surface area contributed by atoms with Crippen molar-refractivity contribution in [2.75, 3.05) is 18.0 Å². The minimum Gasteiger partial charge on any atom is -0.497 e. The Labute approximate surface area is 248 Å². The highest BCUT2D eigenvalue weighted by Gasteiger charge is 2.35. The number of anilines is 1. The molecule has 0 aliphatic carbocycles. The van der Waals surface area contributed by atoms with Crippen LogP contribution in [0.2, 0.25) is 5.02 Å². The lowest BCUT2D eigenvalue weighted by atomic mass is 10.1. The molecule has 3 aromatic carbocycles. The van der Waals surface area contributed by atoms with Gasteiger partial charge in [-0.05, 0) is 76.1 Å². The fourth-order valence-corrected chi connectivity index (χ4v) is 6.07. The van der Waals surface area contributed by atoms with Gasteiger partial charge in [0.05, 0.1) is 22.7 Å². The lowest BCUT2D eigenvalue weighted by Crippen LogP contribution is -2.55. The summed E-state index contributed by atoms with van der Waals surface area (Å²) in [6.45, 7) is 8.75. The number of ether oxygens (including phenoxy) is 1. The van der Waals surface area contributed by atoms with Crippen molar-refractivity contribution >= 4 is 39.1 Å². The van der Waals surface area contributed by atoms with Crippen LogP contribution in [0.25, 0.3) is 0 Å². The number of benzene rings is 3. The number of rotatable bonds is 11. The summed E-state index contributed by atoms with van der Waals surface area (Å²) >= 11 is 6.47. The number of carbonyl (C=O) groups excluding carboxylic acids is 2. The quantitative estimate of drug-likeness (QED) is 0.311. The Morgan fingerprint density at radius 2 is 1.66 bits per heavy atom. The molecule has 0 aromatic heterocycles. The fraction of sp³-hybridized carbons (Fsp3) is 0.355. The van der Waals surface area contributed by atoms with Crippen molar-refractivity contribution in [2.45, 2.75) is 64.1 Å². The standard InChI is InChI=1S/C31H38ClN3O5S/c1-7-27(30(37)33-31(3,4)5)34(20-23-11-10-12-24(19-23)40-6)29(36)21-35(28-14-9-8-13-26(28)32)41(38,39)25-17-15-22(2)16-18-25/h8-19,27H,7,20-21H2,1-6H3,(H,33,37)/t27-/m0/s1. The molecule has 0 saturated heterocycles. The Hall–Kier alpha value is -3.56. The number of para-hydroxylation sites is 1. The summed E-state index contributed by atoms with van der Waals surface area (Å²) in [7, 11) is -2.66. The highest BCUT2D eigenvalue weighted by molar-refractivity contribution is 7.92. The molecule has 0 unspecified atom stereocenters. The van der Waals surface area contributed by atoms with Crippen molar-refractivity contribution < 1.29 is 22.7 Å². The fourth-order valence-electron chi connectivity index (χ4n) is 4.34. The summed E-state index contributed by atoms with van der Waals surface area (Å²) in [6.07, 6.45) is 0.314. The van der Waals surface area contributed by atoms with E-state index in [1.165, 1.54) is 17.0 Å². The molecule has 0 spiro atoms. The normalized spacial score (nSPS) is 12.4. The smallest absolute Gasteiger partial charge is 0.264 e. The number of hydrogen-bond acceptors (Lipinski definition) is 5. The van der Waals surface area contributed by atoms with Gasteiger partial charge >= 0.3 is 0 Å². The lowest BCUT2D eigenvalue weighted by Gasteiger charge is -2.35. The molecule has 0 heterocycles. The van der Waals surface area contributed by atoms with Crippen LogP contribution in [-0.2, 0) is 26.2 Å². The Morgan fingerprint density at radius 3 is 2.24 bits per heavy atom. The number of nitrogens with zero attached hydrogens (tertiary/aromatic N) is 2. The van der Waals surface area contributed by atoms with Crippen molar-refractivity contribution in [3.63, 3.8) is 0 Å². The molecule has 0 aliphatic heterocycles.